The van der Waals surface area contributed by atoms with Gasteiger partial charge in [-0.3, -0.25) is 14.7 Å². The molecule has 0 bridgehead atoms. The first-order chi connectivity index (χ1) is 7.74. The van der Waals surface area contributed by atoms with Crippen molar-refractivity contribution in [1.82, 2.24) is 9.88 Å². The Bertz CT molecular complexity index is 367. The molecule has 2 rings (SSSR count). The molecular formula is C12H16N2O2. The maximum absolute atomic E-state index is 11.5. The smallest absolute Gasteiger partial charge is 0.323 e. The van der Waals surface area contributed by atoms with E-state index in [2.05, 4.69) is 16.8 Å². The first-order valence-corrected chi connectivity index (χ1v) is 5.47. The number of aromatic nitrogens is 1. The summed E-state index contributed by atoms with van der Waals surface area (Å²) in [4.78, 5) is 17.7. The van der Waals surface area contributed by atoms with Crippen molar-refractivity contribution in [3.8, 4) is 0 Å². The van der Waals surface area contributed by atoms with E-state index in [0.717, 1.165) is 18.5 Å². The van der Waals surface area contributed by atoms with Crippen molar-refractivity contribution in [3.63, 3.8) is 0 Å². The van der Waals surface area contributed by atoms with Crippen LogP contribution in [0.3, 0.4) is 0 Å². The van der Waals surface area contributed by atoms with E-state index in [1.807, 2.05) is 18.3 Å². The second-order valence-corrected chi connectivity index (χ2v) is 4.03. The van der Waals surface area contributed by atoms with Gasteiger partial charge in [0.05, 0.1) is 7.11 Å². The lowest BCUT2D eigenvalue weighted by Gasteiger charge is -2.43. The van der Waals surface area contributed by atoms with E-state index in [-0.39, 0.29) is 18.1 Å². The SMILES string of the molecule is COC(=O)C1CCN1C(C)c1cccnc1. The number of ether oxygens (including phenoxy) is 1. The quantitative estimate of drug-likeness (QED) is 0.722. The van der Waals surface area contributed by atoms with Crippen molar-refractivity contribution in [3.05, 3.63) is 30.1 Å². The highest BCUT2D eigenvalue weighted by molar-refractivity contribution is 5.76. The van der Waals surface area contributed by atoms with Crippen LogP contribution >= 0.6 is 0 Å². The predicted molar refractivity (Wildman–Crippen MR) is 59.8 cm³/mol. The van der Waals surface area contributed by atoms with E-state index in [1.54, 1.807) is 6.20 Å². The lowest BCUT2D eigenvalue weighted by molar-refractivity contribution is -0.153. The number of hydrogen-bond donors (Lipinski definition) is 0. The van der Waals surface area contributed by atoms with E-state index < -0.39 is 0 Å². The second-order valence-electron chi connectivity index (χ2n) is 4.03. The average molecular weight is 220 g/mol. The molecule has 2 atom stereocenters. The number of rotatable bonds is 3. The van der Waals surface area contributed by atoms with Gasteiger partial charge >= 0.3 is 5.97 Å². The topological polar surface area (TPSA) is 42.4 Å². The number of methoxy groups -OCH3 is 1. The lowest BCUT2D eigenvalue weighted by Crippen LogP contribution is -2.53. The summed E-state index contributed by atoms with van der Waals surface area (Å²) in [5.41, 5.74) is 1.14. The van der Waals surface area contributed by atoms with Gasteiger partial charge in [-0.25, -0.2) is 0 Å². The van der Waals surface area contributed by atoms with Crippen molar-refractivity contribution in [1.29, 1.82) is 0 Å². The van der Waals surface area contributed by atoms with E-state index in [4.69, 9.17) is 4.74 Å². The Labute approximate surface area is 95.2 Å². The second kappa shape index (κ2) is 4.61. The molecule has 86 valence electrons. The number of likely N-dealkylation sites (tertiary alicyclic amines) is 1. The molecule has 1 saturated heterocycles. The van der Waals surface area contributed by atoms with Crippen molar-refractivity contribution in [2.75, 3.05) is 13.7 Å². The maximum Gasteiger partial charge on any atom is 0.323 e. The normalized spacial score (nSPS) is 22.2. The zero-order valence-electron chi connectivity index (χ0n) is 9.59. The standard InChI is InChI=1S/C12H16N2O2/c1-9(10-4-3-6-13-8-10)14-7-5-11(14)12(15)16-2/h3-4,6,8-9,11H,5,7H2,1-2H3. The molecule has 2 unspecified atom stereocenters. The van der Waals surface area contributed by atoms with Gasteiger partial charge in [0.2, 0.25) is 0 Å². The first kappa shape index (κ1) is 11.1. The van der Waals surface area contributed by atoms with Gasteiger partial charge in [0.15, 0.2) is 0 Å². The lowest BCUT2D eigenvalue weighted by atomic mass is 9.97. The highest BCUT2D eigenvalue weighted by Crippen LogP contribution is 2.30. The number of hydrogen-bond acceptors (Lipinski definition) is 4. The highest BCUT2D eigenvalue weighted by atomic mass is 16.5. The summed E-state index contributed by atoms with van der Waals surface area (Å²) < 4.78 is 4.77. The summed E-state index contributed by atoms with van der Waals surface area (Å²) in [6.07, 6.45) is 4.48. The van der Waals surface area contributed by atoms with Crippen LogP contribution in [0.5, 0.6) is 0 Å². The number of pyridine rings is 1. The molecule has 0 radical (unpaired) electrons. The highest BCUT2D eigenvalue weighted by Gasteiger charge is 2.38. The summed E-state index contributed by atoms with van der Waals surface area (Å²) >= 11 is 0. The van der Waals surface area contributed by atoms with Crippen LogP contribution in [0.2, 0.25) is 0 Å². The van der Waals surface area contributed by atoms with Gasteiger partial charge in [0.25, 0.3) is 0 Å². The molecule has 1 aliphatic rings. The molecule has 2 heterocycles. The Morgan fingerprint density at radius 3 is 3.00 bits per heavy atom. The zero-order chi connectivity index (χ0) is 11.5. The molecular weight excluding hydrogens is 204 g/mol. The van der Waals surface area contributed by atoms with Gasteiger partial charge in [-0.15, -0.1) is 0 Å². The van der Waals surface area contributed by atoms with Gasteiger partial charge in [0, 0.05) is 25.0 Å². The van der Waals surface area contributed by atoms with E-state index >= 15 is 0 Å². The van der Waals surface area contributed by atoms with Crippen LogP contribution in [0, 0.1) is 0 Å². The Morgan fingerprint density at radius 2 is 2.50 bits per heavy atom. The average Bonchev–Trinajstić information content (AvgIpc) is 2.28. The molecule has 4 nitrogen and oxygen atoms in total. The number of nitrogens with zero attached hydrogens (tertiary/aromatic N) is 2. The molecule has 0 N–H and O–H groups in total. The van der Waals surface area contributed by atoms with E-state index in [9.17, 15) is 4.79 Å². The third-order valence-corrected chi connectivity index (χ3v) is 3.20. The predicted octanol–water partition coefficient (Wildman–Crippen LogP) is 1.39. The Kier molecular flexibility index (Phi) is 3.19. The monoisotopic (exact) mass is 220 g/mol. The molecule has 1 aromatic heterocycles. The van der Waals surface area contributed by atoms with Crippen LogP contribution in [-0.2, 0) is 9.53 Å². The van der Waals surface area contributed by atoms with Crippen molar-refractivity contribution in [2.45, 2.75) is 25.4 Å². The maximum atomic E-state index is 11.5. The summed E-state index contributed by atoms with van der Waals surface area (Å²) in [6.45, 7) is 3.03. The van der Waals surface area contributed by atoms with Gasteiger partial charge in [-0.2, -0.15) is 0 Å². The molecule has 16 heavy (non-hydrogen) atoms. The molecule has 1 aliphatic heterocycles. The van der Waals surface area contributed by atoms with Gasteiger partial charge < -0.3 is 4.74 Å². The van der Waals surface area contributed by atoms with Crippen LogP contribution in [0.15, 0.2) is 24.5 Å². The Hall–Kier alpha value is -1.42. The molecule has 0 aromatic carbocycles. The third-order valence-electron chi connectivity index (χ3n) is 3.20. The first-order valence-electron chi connectivity index (χ1n) is 5.47. The van der Waals surface area contributed by atoms with Crippen LogP contribution in [0.4, 0.5) is 0 Å². The molecule has 0 saturated carbocycles. The molecule has 1 fully saturated rings. The van der Waals surface area contributed by atoms with Crippen LogP contribution in [0.25, 0.3) is 0 Å². The van der Waals surface area contributed by atoms with E-state index in [0.29, 0.717) is 0 Å². The fraction of sp³-hybridized carbons (Fsp3) is 0.500. The number of esters is 1. The van der Waals surface area contributed by atoms with E-state index in [1.165, 1.54) is 7.11 Å². The van der Waals surface area contributed by atoms with Gasteiger partial charge in [0.1, 0.15) is 6.04 Å². The van der Waals surface area contributed by atoms with Crippen molar-refractivity contribution < 1.29 is 9.53 Å². The number of carbonyl (C=O) groups excluding carboxylic acids is 1. The van der Waals surface area contributed by atoms with Crippen molar-refractivity contribution >= 4 is 5.97 Å². The van der Waals surface area contributed by atoms with Gasteiger partial charge in [-0.05, 0) is 25.0 Å². The Balaban J connectivity index is 2.06. The summed E-state index contributed by atoms with van der Waals surface area (Å²) in [5.74, 6) is -0.137. The molecule has 0 amide bonds. The third kappa shape index (κ3) is 1.93. The van der Waals surface area contributed by atoms with Crippen LogP contribution < -0.4 is 0 Å². The van der Waals surface area contributed by atoms with Crippen molar-refractivity contribution in [2.24, 2.45) is 0 Å². The molecule has 0 spiro atoms. The van der Waals surface area contributed by atoms with Crippen LogP contribution in [0.1, 0.15) is 24.9 Å². The minimum absolute atomic E-state index is 0.0831. The Morgan fingerprint density at radius 1 is 1.69 bits per heavy atom. The molecule has 1 aromatic rings. The summed E-state index contributed by atoms with van der Waals surface area (Å²) in [5, 5.41) is 0. The summed E-state index contributed by atoms with van der Waals surface area (Å²) in [7, 11) is 1.44. The fourth-order valence-corrected chi connectivity index (χ4v) is 2.07. The minimum Gasteiger partial charge on any atom is -0.468 e. The minimum atomic E-state index is -0.137. The molecule has 0 aliphatic carbocycles. The molecule has 4 heteroatoms. The fourth-order valence-electron chi connectivity index (χ4n) is 2.07. The number of carbonyl (C=O) groups is 1. The largest absolute Gasteiger partial charge is 0.468 e. The van der Waals surface area contributed by atoms with Gasteiger partial charge in [-0.1, -0.05) is 6.07 Å². The van der Waals surface area contributed by atoms with Crippen LogP contribution in [-0.4, -0.2) is 35.5 Å². The summed E-state index contributed by atoms with van der Waals surface area (Å²) in [6, 6.07) is 4.08. The zero-order valence-corrected chi connectivity index (χ0v) is 9.59.